The number of nitro groups is 1. The first-order chi connectivity index (χ1) is 11.5. The number of hydrogen-bond donors (Lipinski definition) is 0. The van der Waals surface area contributed by atoms with Crippen LogP contribution in [0.25, 0.3) is 16.8 Å². The number of non-ortho nitro benzene ring substituents is 1. The number of nitrogens with zero attached hydrogens (tertiary/aromatic N) is 1. The number of hydrogen-bond acceptors (Lipinski definition) is 4. The third kappa shape index (κ3) is 3.33. The van der Waals surface area contributed by atoms with Gasteiger partial charge >= 0.3 is 0 Å². The summed E-state index contributed by atoms with van der Waals surface area (Å²) in [5, 5.41) is 13.8. The Kier molecular flexibility index (Phi) is 4.14. The van der Waals surface area contributed by atoms with Crippen LogP contribution in [0.15, 0.2) is 77.0 Å². The van der Waals surface area contributed by atoms with E-state index < -0.39 is 14.8 Å². The summed E-state index contributed by atoms with van der Waals surface area (Å²) in [6.45, 7) is 0. The van der Waals surface area contributed by atoms with E-state index in [0.717, 1.165) is 21.7 Å². The second-order valence-electron chi connectivity index (χ2n) is 5.21. The molecule has 0 heterocycles. The molecule has 6 heteroatoms. The minimum absolute atomic E-state index is 0.0186. The summed E-state index contributed by atoms with van der Waals surface area (Å²) in [5.74, 6) is 0. The average molecular weight is 339 g/mol. The molecule has 0 radical (unpaired) electrons. The van der Waals surface area contributed by atoms with Crippen molar-refractivity contribution >= 4 is 32.4 Å². The van der Waals surface area contributed by atoms with Crippen molar-refractivity contribution in [1.82, 2.24) is 0 Å². The van der Waals surface area contributed by atoms with E-state index in [-0.39, 0.29) is 10.6 Å². The smallest absolute Gasteiger partial charge is 0.258 e. The first-order valence-corrected chi connectivity index (χ1v) is 8.67. The fourth-order valence-corrected chi connectivity index (χ4v) is 3.32. The van der Waals surface area contributed by atoms with E-state index in [2.05, 4.69) is 0 Å². The maximum Gasteiger partial charge on any atom is 0.269 e. The van der Waals surface area contributed by atoms with Gasteiger partial charge in [-0.05, 0) is 40.6 Å². The van der Waals surface area contributed by atoms with Crippen LogP contribution in [0.5, 0.6) is 0 Å². The van der Waals surface area contributed by atoms with E-state index in [0.29, 0.717) is 0 Å². The molecule has 0 saturated heterocycles. The van der Waals surface area contributed by atoms with Crippen LogP contribution < -0.4 is 0 Å². The van der Waals surface area contributed by atoms with Gasteiger partial charge < -0.3 is 0 Å². The molecule has 5 nitrogen and oxygen atoms in total. The lowest BCUT2D eigenvalue weighted by Gasteiger charge is -2.01. The summed E-state index contributed by atoms with van der Waals surface area (Å²) in [6, 6.07) is 18.3. The molecule has 120 valence electrons. The number of fused-ring (bicyclic) bond motifs is 1. The summed E-state index contributed by atoms with van der Waals surface area (Å²) in [6.07, 6.45) is 1.52. The first-order valence-electron chi connectivity index (χ1n) is 7.12. The molecule has 0 aliphatic heterocycles. The van der Waals surface area contributed by atoms with Crippen LogP contribution in [0.1, 0.15) is 5.56 Å². The summed E-state index contributed by atoms with van der Waals surface area (Å²) in [4.78, 5) is 10.1. The number of rotatable bonds is 4. The Labute approximate surface area is 138 Å². The molecular weight excluding hydrogens is 326 g/mol. The maximum atomic E-state index is 12.3. The minimum Gasteiger partial charge on any atom is -0.258 e. The molecule has 3 aromatic rings. The van der Waals surface area contributed by atoms with Crippen molar-refractivity contribution in [3.63, 3.8) is 0 Å². The highest BCUT2D eigenvalue weighted by Crippen LogP contribution is 2.20. The molecule has 0 aromatic heterocycles. The molecule has 0 amide bonds. The Morgan fingerprint density at radius 2 is 1.54 bits per heavy atom. The van der Waals surface area contributed by atoms with Crippen molar-refractivity contribution in [1.29, 1.82) is 0 Å². The second-order valence-corrected chi connectivity index (χ2v) is 7.04. The van der Waals surface area contributed by atoms with Gasteiger partial charge in [-0.2, -0.15) is 0 Å². The highest BCUT2D eigenvalue weighted by molar-refractivity contribution is 7.94. The van der Waals surface area contributed by atoms with Crippen molar-refractivity contribution in [2.45, 2.75) is 4.90 Å². The molecule has 0 aliphatic carbocycles. The predicted octanol–water partition coefficient (Wildman–Crippen LogP) is 4.19. The molecule has 3 rings (SSSR count). The van der Waals surface area contributed by atoms with Crippen LogP contribution in [0.2, 0.25) is 0 Å². The van der Waals surface area contributed by atoms with Crippen LogP contribution in [-0.2, 0) is 9.84 Å². The summed E-state index contributed by atoms with van der Waals surface area (Å²) in [5.41, 5.74) is 0.617. The summed E-state index contributed by atoms with van der Waals surface area (Å²) in [7, 11) is -3.66. The standard InChI is InChI=1S/C18H13NO4S/c20-19(21)17-7-9-18(10-8-17)24(22,23)12-11-14-5-6-15-3-1-2-4-16(15)13-14/h1-13H/b12-11+. The topological polar surface area (TPSA) is 77.3 Å². The van der Waals surface area contributed by atoms with Crippen LogP contribution in [0, 0.1) is 10.1 Å². The third-order valence-electron chi connectivity index (χ3n) is 3.59. The van der Waals surface area contributed by atoms with Crippen molar-refractivity contribution in [2.75, 3.05) is 0 Å². The zero-order chi connectivity index (χ0) is 17.2. The maximum absolute atomic E-state index is 12.3. The monoisotopic (exact) mass is 339 g/mol. The van der Waals surface area contributed by atoms with Gasteiger partial charge in [0.1, 0.15) is 0 Å². The summed E-state index contributed by atoms with van der Waals surface area (Å²) < 4.78 is 24.6. The Morgan fingerprint density at radius 1 is 0.875 bits per heavy atom. The number of nitro benzene ring substituents is 1. The van der Waals surface area contributed by atoms with Gasteiger partial charge in [0.25, 0.3) is 5.69 Å². The molecule has 0 saturated carbocycles. The van der Waals surface area contributed by atoms with E-state index in [1.54, 1.807) is 0 Å². The Hall–Kier alpha value is -2.99. The molecular formula is C18H13NO4S. The van der Waals surface area contributed by atoms with E-state index in [1.807, 2.05) is 42.5 Å². The van der Waals surface area contributed by atoms with Gasteiger partial charge in [0, 0.05) is 17.5 Å². The SMILES string of the molecule is O=[N+]([O-])c1ccc(S(=O)(=O)/C=C/c2ccc3ccccc3c2)cc1. The van der Waals surface area contributed by atoms with Gasteiger partial charge in [0.05, 0.1) is 9.82 Å². The van der Waals surface area contributed by atoms with Gasteiger partial charge in [-0.25, -0.2) is 8.42 Å². The van der Waals surface area contributed by atoms with Gasteiger partial charge in [-0.1, -0.05) is 36.4 Å². The Morgan fingerprint density at radius 3 is 2.21 bits per heavy atom. The van der Waals surface area contributed by atoms with E-state index in [9.17, 15) is 18.5 Å². The zero-order valence-electron chi connectivity index (χ0n) is 12.5. The molecule has 0 fully saturated rings. The molecule has 0 N–H and O–H groups in total. The Balaban J connectivity index is 1.89. The van der Waals surface area contributed by atoms with Crippen LogP contribution in [0.4, 0.5) is 5.69 Å². The second kappa shape index (κ2) is 6.25. The highest BCUT2D eigenvalue weighted by atomic mass is 32.2. The molecule has 0 atom stereocenters. The van der Waals surface area contributed by atoms with Crippen molar-refractivity contribution in [3.05, 3.63) is 87.8 Å². The van der Waals surface area contributed by atoms with Crippen LogP contribution in [0.3, 0.4) is 0 Å². The normalized spacial score (nSPS) is 11.8. The lowest BCUT2D eigenvalue weighted by molar-refractivity contribution is -0.384. The van der Waals surface area contributed by atoms with Crippen molar-refractivity contribution in [2.24, 2.45) is 0 Å². The number of benzene rings is 3. The molecule has 0 aliphatic rings. The zero-order valence-corrected chi connectivity index (χ0v) is 13.3. The lowest BCUT2D eigenvalue weighted by atomic mass is 10.1. The molecule has 24 heavy (non-hydrogen) atoms. The van der Waals surface area contributed by atoms with Gasteiger partial charge in [-0.15, -0.1) is 0 Å². The fourth-order valence-electron chi connectivity index (χ4n) is 2.32. The largest absolute Gasteiger partial charge is 0.269 e. The fraction of sp³-hybridized carbons (Fsp3) is 0. The van der Waals surface area contributed by atoms with Crippen LogP contribution >= 0.6 is 0 Å². The van der Waals surface area contributed by atoms with Gasteiger partial charge in [0.15, 0.2) is 9.84 Å². The summed E-state index contributed by atoms with van der Waals surface area (Å²) >= 11 is 0. The molecule has 0 bridgehead atoms. The Bertz CT molecular complexity index is 1040. The molecule has 0 spiro atoms. The van der Waals surface area contributed by atoms with Crippen molar-refractivity contribution < 1.29 is 13.3 Å². The molecule has 0 unspecified atom stereocenters. The third-order valence-corrected chi connectivity index (χ3v) is 5.01. The van der Waals surface area contributed by atoms with Gasteiger partial charge in [-0.3, -0.25) is 10.1 Å². The molecule has 3 aromatic carbocycles. The van der Waals surface area contributed by atoms with Crippen LogP contribution in [-0.4, -0.2) is 13.3 Å². The quantitative estimate of drug-likeness (QED) is 0.527. The lowest BCUT2D eigenvalue weighted by Crippen LogP contribution is -1.96. The van der Waals surface area contributed by atoms with Gasteiger partial charge in [0.2, 0.25) is 0 Å². The first kappa shape index (κ1) is 15.9. The van der Waals surface area contributed by atoms with E-state index >= 15 is 0 Å². The minimum atomic E-state index is -3.66. The van der Waals surface area contributed by atoms with E-state index in [1.165, 1.54) is 30.3 Å². The average Bonchev–Trinajstić information content (AvgIpc) is 2.60. The number of sulfone groups is 1. The van der Waals surface area contributed by atoms with E-state index in [4.69, 9.17) is 0 Å². The highest BCUT2D eigenvalue weighted by Gasteiger charge is 2.12. The van der Waals surface area contributed by atoms with Crippen molar-refractivity contribution in [3.8, 4) is 0 Å². The predicted molar refractivity (Wildman–Crippen MR) is 93.3 cm³/mol.